The molecule has 0 saturated heterocycles. The van der Waals surface area contributed by atoms with Crippen LogP contribution in [0.4, 0.5) is 0 Å². The van der Waals surface area contributed by atoms with Gasteiger partial charge in [-0.05, 0) is 58.4 Å². The van der Waals surface area contributed by atoms with E-state index < -0.39 is 5.97 Å². The van der Waals surface area contributed by atoms with Crippen molar-refractivity contribution in [1.82, 2.24) is 0 Å². The van der Waals surface area contributed by atoms with E-state index in [2.05, 4.69) is 42.5 Å². The monoisotopic (exact) mass is 478 g/mol. The zero-order valence-corrected chi connectivity index (χ0v) is 20.2. The van der Waals surface area contributed by atoms with Crippen LogP contribution in [0.2, 0.25) is 0 Å². The topological polar surface area (TPSA) is 55.8 Å². The predicted octanol–water partition coefficient (Wildman–Crippen LogP) is 6.87. The minimum absolute atomic E-state index is 0.307. The first-order chi connectivity index (χ1) is 17.7. The molecule has 4 aromatic carbocycles. The van der Waals surface area contributed by atoms with Gasteiger partial charge >= 0.3 is 5.97 Å². The molecule has 4 nitrogen and oxygen atoms in total. The summed E-state index contributed by atoms with van der Waals surface area (Å²) < 4.78 is 12.3. The van der Waals surface area contributed by atoms with Crippen LogP contribution in [-0.4, -0.2) is 24.3 Å². The zero-order chi connectivity index (χ0) is 24.8. The van der Waals surface area contributed by atoms with Crippen LogP contribution in [-0.2, 0) is 28.1 Å². The number of hydrogen-bond acceptors (Lipinski definition) is 3. The van der Waals surface area contributed by atoms with Gasteiger partial charge in [-0.1, -0.05) is 91.0 Å². The Balaban J connectivity index is 1.42. The molecule has 4 aromatic rings. The molecule has 182 valence electrons. The van der Waals surface area contributed by atoms with E-state index in [1.165, 1.54) is 5.56 Å². The van der Waals surface area contributed by atoms with E-state index in [0.29, 0.717) is 32.0 Å². The maximum absolute atomic E-state index is 11.9. The molecule has 0 spiro atoms. The van der Waals surface area contributed by atoms with E-state index in [9.17, 15) is 9.90 Å². The molecule has 0 fully saturated rings. The lowest BCUT2D eigenvalue weighted by Gasteiger charge is -2.32. The van der Waals surface area contributed by atoms with E-state index in [0.717, 1.165) is 40.7 Å². The number of benzene rings is 4. The van der Waals surface area contributed by atoms with Gasteiger partial charge in [-0.3, -0.25) is 0 Å². The Morgan fingerprint density at radius 2 is 1.17 bits per heavy atom. The number of aromatic carboxylic acids is 1. The molecule has 1 N–H and O–H groups in total. The fraction of sp³-hybridized carbons (Fsp3) is 0.219. The SMILES string of the molecule is O=C(O)c1ccc2c(c1)C(CCOCc1ccccc1)(CCOCc1ccccc1)c1ccccc1-2. The molecular weight excluding hydrogens is 448 g/mol. The number of carboxylic acid groups (broad SMARTS) is 1. The maximum Gasteiger partial charge on any atom is 0.335 e. The molecule has 0 amide bonds. The first-order valence-electron chi connectivity index (χ1n) is 12.4. The first kappa shape index (κ1) is 24.0. The molecule has 0 atom stereocenters. The van der Waals surface area contributed by atoms with Crippen LogP contribution in [0.1, 0.15) is 45.5 Å². The average molecular weight is 479 g/mol. The predicted molar refractivity (Wildman–Crippen MR) is 141 cm³/mol. The Labute approximate surface area is 212 Å². The number of carboxylic acids is 1. The lowest BCUT2D eigenvalue weighted by Crippen LogP contribution is -2.29. The third-order valence-electron chi connectivity index (χ3n) is 7.08. The van der Waals surface area contributed by atoms with Crippen LogP contribution >= 0.6 is 0 Å². The molecule has 36 heavy (non-hydrogen) atoms. The van der Waals surface area contributed by atoms with Crippen molar-refractivity contribution in [2.45, 2.75) is 31.5 Å². The summed E-state index contributed by atoms with van der Waals surface area (Å²) in [6.07, 6.45) is 1.48. The fourth-order valence-electron chi connectivity index (χ4n) is 5.27. The molecule has 0 aliphatic heterocycles. The number of fused-ring (bicyclic) bond motifs is 3. The van der Waals surface area contributed by atoms with Crippen molar-refractivity contribution in [2.75, 3.05) is 13.2 Å². The van der Waals surface area contributed by atoms with Crippen molar-refractivity contribution in [1.29, 1.82) is 0 Å². The van der Waals surface area contributed by atoms with Gasteiger partial charge in [-0.2, -0.15) is 0 Å². The Morgan fingerprint density at radius 1 is 0.639 bits per heavy atom. The highest BCUT2D eigenvalue weighted by atomic mass is 16.5. The van der Waals surface area contributed by atoms with E-state index in [1.54, 1.807) is 6.07 Å². The van der Waals surface area contributed by atoms with Crippen LogP contribution in [0, 0.1) is 0 Å². The summed E-state index contributed by atoms with van der Waals surface area (Å²) in [5, 5.41) is 9.73. The Bertz CT molecular complexity index is 1270. The number of ether oxygens (including phenoxy) is 2. The summed E-state index contributed by atoms with van der Waals surface area (Å²) in [6, 6.07) is 34.2. The largest absolute Gasteiger partial charge is 0.478 e. The molecule has 4 heteroatoms. The quantitative estimate of drug-likeness (QED) is 0.239. The molecular formula is C32H30O4. The van der Waals surface area contributed by atoms with Crippen LogP contribution in [0.15, 0.2) is 103 Å². The molecule has 0 radical (unpaired) electrons. The number of rotatable bonds is 11. The smallest absolute Gasteiger partial charge is 0.335 e. The zero-order valence-electron chi connectivity index (χ0n) is 20.2. The minimum Gasteiger partial charge on any atom is -0.478 e. The van der Waals surface area contributed by atoms with Crippen molar-refractivity contribution in [3.05, 3.63) is 131 Å². The van der Waals surface area contributed by atoms with Crippen molar-refractivity contribution in [3.8, 4) is 11.1 Å². The maximum atomic E-state index is 11.9. The van der Waals surface area contributed by atoms with E-state index in [-0.39, 0.29) is 5.41 Å². The van der Waals surface area contributed by atoms with E-state index in [4.69, 9.17) is 9.47 Å². The second-order valence-corrected chi connectivity index (χ2v) is 9.27. The van der Waals surface area contributed by atoms with Gasteiger partial charge in [0.15, 0.2) is 0 Å². The number of hydrogen-bond donors (Lipinski definition) is 1. The second-order valence-electron chi connectivity index (χ2n) is 9.27. The van der Waals surface area contributed by atoms with Gasteiger partial charge in [-0.15, -0.1) is 0 Å². The standard InChI is InChI=1S/C32H30O4/c33-31(34)26-15-16-28-27-13-7-8-14-29(27)32(30(28)21-26,17-19-35-22-24-9-3-1-4-10-24)18-20-36-23-25-11-5-2-6-12-25/h1-16,21H,17-20,22-23H2,(H,33,34). The van der Waals surface area contributed by atoms with E-state index in [1.807, 2.05) is 54.6 Å². The summed E-state index contributed by atoms with van der Waals surface area (Å²) in [7, 11) is 0. The van der Waals surface area contributed by atoms with Crippen molar-refractivity contribution < 1.29 is 19.4 Å². The Morgan fingerprint density at radius 3 is 1.75 bits per heavy atom. The number of carbonyl (C=O) groups is 1. The van der Waals surface area contributed by atoms with Gasteiger partial charge in [0, 0.05) is 18.6 Å². The van der Waals surface area contributed by atoms with Crippen LogP contribution in [0.25, 0.3) is 11.1 Å². The third-order valence-corrected chi connectivity index (χ3v) is 7.08. The summed E-state index contributed by atoms with van der Waals surface area (Å²) in [5.74, 6) is -0.914. The highest BCUT2D eigenvalue weighted by molar-refractivity contribution is 5.91. The van der Waals surface area contributed by atoms with Crippen molar-refractivity contribution in [2.24, 2.45) is 0 Å². The van der Waals surface area contributed by atoms with Crippen molar-refractivity contribution >= 4 is 5.97 Å². The van der Waals surface area contributed by atoms with Crippen LogP contribution < -0.4 is 0 Å². The van der Waals surface area contributed by atoms with Gasteiger partial charge in [-0.25, -0.2) is 4.79 Å². The fourth-order valence-corrected chi connectivity index (χ4v) is 5.27. The molecule has 5 rings (SSSR count). The van der Waals surface area contributed by atoms with Crippen LogP contribution in [0.5, 0.6) is 0 Å². The molecule has 0 aromatic heterocycles. The van der Waals surface area contributed by atoms with Gasteiger partial charge in [0.2, 0.25) is 0 Å². The van der Waals surface area contributed by atoms with Crippen molar-refractivity contribution in [3.63, 3.8) is 0 Å². The lowest BCUT2D eigenvalue weighted by molar-refractivity contribution is 0.0696. The Kier molecular flexibility index (Phi) is 7.26. The molecule has 1 aliphatic rings. The van der Waals surface area contributed by atoms with Gasteiger partial charge < -0.3 is 14.6 Å². The Hall–Kier alpha value is -3.73. The highest BCUT2D eigenvalue weighted by Gasteiger charge is 2.43. The average Bonchev–Trinajstić information content (AvgIpc) is 3.20. The summed E-state index contributed by atoms with van der Waals surface area (Å²) in [5.41, 5.74) is 6.73. The van der Waals surface area contributed by atoms with Crippen LogP contribution in [0.3, 0.4) is 0 Å². The molecule has 0 heterocycles. The molecule has 0 unspecified atom stereocenters. The first-order valence-corrected chi connectivity index (χ1v) is 12.4. The third kappa shape index (κ3) is 4.97. The van der Waals surface area contributed by atoms with E-state index >= 15 is 0 Å². The summed E-state index contributed by atoms with van der Waals surface area (Å²) in [6.45, 7) is 2.20. The highest BCUT2D eigenvalue weighted by Crippen LogP contribution is 2.53. The van der Waals surface area contributed by atoms with Gasteiger partial charge in [0.05, 0.1) is 18.8 Å². The molecule has 0 saturated carbocycles. The normalized spacial score (nSPS) is 13.2. The molecule has 1 aliphatic carbocycles. The minimum atomic E-state index is -0.914. The van der Waals surface area contributed by atoms with Gasteiger partial charge in [0.25, 0.3) is 0 Å². The second kappa shape index (κ2) is 10.9. The summed E-state index contributed by atoms with van der Waals surface area (Å²) >= 11 is 0. The lowest BCUT2D eigenvalue weighted by atomic mass is 9.73. The summed E-state index contributed by atoms with van der Waals surface area (Å²) in [4.78, 5) is 11.9. The molecule has 0 bridgehead atoms. The van der Waals surface area contributed by atoms with Gasteiger partial charge in [0.1, 0.15) is 0 Å².